The number of thioether (sulfide) groups is 1. The van der Waals surface area contributed by atoms with Crippen molar-refractivity contribution in [2.45, 2.75) is 19.2 Å². The van der Waals surface area contributed by atoms with Gasteiger partial charge in [-0.25, -0.2) is 8.97 Å². The Bertz CT molecular complexity index is 682. The molecule has 0 unspecified atom stereocenters. The molecule has 27 heavy (non-hydrogen) atoms. The standard InChI is InChI=1S/C19H37N4O3S/c1-16(20(24)25)19(22(5,6)7)23(8,9)12-13-27-15-18-11-10-17(26-18)14-21(2,3)4/h10-11H,12-15H2,1-9H3/q+3. The van der Waals surface area contributed by atoms with Crippen molar-refractivity contribution in [3.05, 3.63) is 45.3 Å². The van der Waals surface area contributed by atoms with Crippen LogP contribution in [0.25, 0.3) is 0 Å². The SMILES string of the molecule is CC(=C([N+](C)(C)C)[N+](C)(C)CCSCc1ccc(C[N+](C)(C)C)o1)[N+](=O)[O-]. The number of quaternary nitrogens is 3. The molecule has 0 N–H and O–H groups in total. The third-order valence-electron chi connectivity index (χ3n) is 4.19. The van der Waals surface area contributed by atoms with E-state index in [1.165, 1.54) is 0 Å². The quantitative estimate of drug-likeness (QED) is 0.262. The van der Waals surface area contributed by atoms with Gasteiger partial charge in [-0.15, -0.1) is 11.8 Å². The summed E-state index contributed by atoms with van der Waals surface area (Å²) in [6, 6.07) is 4.10. The van der Waals surface area contributed by atoms with E-state index < -0.39 is 0 Å². The lowest BCUT2D eigenvalue weighted by molar-refractivity contribution is -1.01. The van der Waals surface area contributed by atoms with E-state index in [-0.39, 0.29) is 10.6 Å². The number of rotatable bonds is 10. The van der Waals surface area contributed by atoms with E-state index in [1.807, 2.05) is 41.3 Å². The van der Waals surface area contributed by atoms with Crippen LogP contribution < -0.4 is 0 Å². The van der Waals surface area contributed by atoms with Crippen LogP contribution in [-0.2, 0) is 12.3 Å². The number of hydrogen-bond acceptors (Lipinski definition) is 4. The number of allylic oxidation sites excluding steroid dienone is 1. The maximum atomic E-state index is 11.4. The van der Waals surface area contributed by atoms with E-state index in [4.69, 9.17) is 4.42 Å². The van der Waals surface area contributed by atoms with Gasteiger partial charge in [0.2, 0.25) is 0 Å². The van der Waals surface area contributed by atoms with E-state index in [1.54, 1.807) is 18.7 Å². The normalized spacial score (nSPS) is 14.3. The summed E-state index contributed by atoms with van der Waals surface area (Å²) in [5, 5.41) is 11.4. The molecule has 0 radical (unpaired) electrons. The van der Waals surface area contributed by atoms with Crippen molar-refractivity contribution >= 4 is 11.8 Å². The summed E-state index contributed by atoms with van der Waals surface area (Å²) in [6.45, 7) is 3.28. The van der Waals surface area contributed by atoms with Crippen molar-refractivity contribution in [3.8, 4) is 0 Å². The summed E-state index contributed by atoms with van der Waals surface area (Å²) in [6.07, 6.45) is 0. The van der Waals surface area contributed by atoms with Crippen LogP contribution in [-0.4, -0.2) is 87.1 Å². The summed E-state index contributed by atoms with van der Waals surface area (Å²) >= 11 is 1.80. The molecule has 0 saturated carbocycles. The Hall–Kier alpha value is -1.35. The monoisotopic (exact) mass is 401 g/mol. The zero-order valence-corrected chi connectivity index (χ0v) is 19.2. The Kier molecular flexibility index (Phi) is 7.69. The molecule has 0 aliphatic heterocycles. The highest BCUT2D eigenvalue weighted by atomic mass is 32.2. The molecule has 1 rings (SSSR count). The van der Waals surface area contributed by atoms with Crippen molar-refractivity contribution in [1.29, 1.82) is 0 Å². The van der Waals surface area contributed by atoms with Gasteiger partial charge >= 0.3 is 11.5 Å². The lowest BCUT2D eigenvalue weighted by Gasteiger charge is -2.36. The van der Waals surface area contributed by atoms with Crippen molar-refractivity contribution in [2.24, 2.45) is 0 Å². The number of furan rings is 1. The topological polar surface area (TPSA) is 56.3 Å². The molecule has 1 aromatic rings. The zero-order chi connectivity index (χ0) is 21.0. The Morgan fingerprint density at radius 3 is 2.11 bits per heavy atom. The van der Waals surface area contributed by atoms with Gasteiger partial charge in [0.25, 0.3) is 0 Å². The van der Waals surface area contributed by atoms with Crippen LogP contribution in [0, 0.1) is 10.1 Å². The minimum absolute atomic E-state index is 0.230. The fourth-order valence-electron chi connectivity index (χ4n) is 3.44. The van der Waals surface area contributed by atoms with Crippen LogP contribution in [0.4, 0.5) is 0 Å². The zero-order valence-electron chi connectivity index (χ0n) is 18.4. The highest BCUT2D eigenvalue weighted by Gasteiger charge is 2.41. The smallest absolute Gasteiger partial charge is 0.367 e. The van der Waals surface area contributed by atoms with Crippen molar-refractivity contribution in [2.75, 3.05) is 68.7 Å². The van der Waals surface area contributed by atoms with Gasteiger partial charge in [-0.05, 0) is 12.1 Å². The highest BCUT2D eigenvalue weighted by molar-refractivity contribution is 7.98. The molecule has 0 aromatic carbocycles. The number of nitro groups is 1. The predicted molar refractivity (Wildman–Crippen MR) is 111 cm³/mol. The van der Waals surface area contributed by atoms with Gasteiger partial charge in [0.1, 0.15) is 12.3 Å². The van der Waals surface area contributed by atoms with E-state index in [2.05, 4.69) is 27.2 Å². The molecule has 8 heteroatoms. The van der Waals surface area contributed by atoms with E-state index >= 15 is 0 Å². The van der Waals surface area contributed by atoms with Gasteiger partial charge < -0.3 is 8.90 Å². The van der Waals surface area contributed by atoms with Crippen LogP contribution in [0.1, 0.15) is 18.4 Å². The summed E-state index contributed by atoms with van der Waals surface area (Å²) in [5.74, 6) is 4.51. The molecule has 1 heterocycles. The highest BCUT2D eigenvalue weighted by Crippen LogP contribution is 2.25. The molecule has 0 aliphatic carbocycles. The summed E-state index contributed by atoms with van der Waals surface area (Å²) < 4.78 is 7.69. The van der Waals surface area contributed by atoms with Gasteiger partial charge in [-0.2, -0.15) is 0 Å². The second-order valence-corrected chi connectivity index (χ2v) is 10.6. The van der Waals surface area contributed by atoms with Crippen molar-refractivity contribution in [3.63, 3.8) is 0 Å². The van der Waals surface area contributed by atoms with E-state index in [0.717, 1.165) is 46.4 Å². The molecule has 1 aromatic heterocycles. The Morgan fingerprint density at radius 1 is 1.07 bits per heavy atom. The molecule has 0 fully saturated rings. The van der Waals surface area contributed by atoms with Gasteiger partial charge in [0.05, 0.1) is 73.6 Å². The van der Waals surface area contributed by atoms with Gasteiger partial charge in [-0.3, -0.25) is 10.1 Å². The lowest BCUT2D eigenvalue weighted by Crippen LogP contribution is -2.53. The first-order valence-electron chi connectivity index (χ1n) is 9.10. The minimum Gasteiger partial charge on any atom is -0.459 e. The lowest BCUT2D eigenvalue weighted by atomic mass is 10.3. The van der Waals surface area contributed by atoms with Crippen LogP contribution in [0.15, 0.2) is 28.1 Å². The molecule has 0 spiro atoms. The average molecular weight is 402 g/mol. The molecule has 154 valence electrons. The fraction of sp³-hybridized carbons (Fsp3) is 0.684. The van der Waals surface area contributed by atoms with Crippen molar-refractivity contribution < 1.29 is 22.8 Å². The minimum atomic E-state index is -0.274. The second kappa shape index (κ2) is 8.77. The average Bonchev–Trinajstić information content (AvgIpc) is 2.86. The summed E-state index contributed by atoms with van der Waals surface area (Å²) in [4.78, 5) is 11.1. The predicted octanol–water partition coefficient (Wildman–Crippen LogP) is 2.97. The molecule has 0 aliphatic rings. The summed E-state index contributed by atoms with van der Waals surface area (Å²) in [5.41, 5.74) is 0.230. The molecule has 0 bridgehead atoms. The Balaban J connectivity index is 2.69. The molecular formula is C19H37N4O3S+3. The first-order chi connectivity index (χ1) is 12.1. The third-order valence-corrected chi connectivity index (χ3v) is 5.15. The van der Waals surface area contributed by atoms with Gasteiger partial charge in [0, 0.05) is 12.7 Å². The van der Waals surface area contributed by atoms with E-state index in [0.29, 0.717) is 8.97 Å². The molecular weight excluding hydrogens is 364 g/mol. The maximum Gasteiger partial charge on any atom is 0.367 e. The fourth-order valence-corrected chi connectivity index (χ4v) is 4.53. The number of nitrogens with zero attached hydrogens (tertiary/aromatic N) is 4. The maximum absolute atomic E-state index is 11.4. The molecule has 0 saturated heterocycles. The second-order valence-electron chi connectivity index (χ2n) is 9.46. The molecule has 0 amide bonds. The van der Waals surface area contributed by atoms with Crippen LogP contribution in [0.3, 0.4) is 0 Å². The van der Waals surface area contributed by atoms with Gasteiger partial charge in [0.15, 0.2) is 5.76 Å². The van der Waals surface area contributed by atoms with Crippen LogP contribution in [0.2, 0.25) is 0 Å². The molecule has 7 nitrogen and oxygen atoms in total. The molecule has 0 atom stereocenters. The number of hydrogen-bond donors (Lipinski definition) is 0. The first-order valence-corrected chi connectivity index (χ1v) is 10.3. The van der Waals surface area contributed by atoms with Gasteiger partial charge in [-0.1, -0.05) is 0 Å². The first kappa shape index (κ1) is 23.7. The third kappa shape index (κ3) is 7.65. The van der Waals surface area contributed by atoms with E-state index in [9.17, 15) is 10.1 Å². The van der Waals surface area contributed by atoms with Crippen molar-refractivity contribution in [1.82, 2.24) is 0 Å². The Morgan fingerprint density at radius 2 is 1.63 bits per heavy atom. The largest absolute Gasteiger partial charge is 0.459 e. The van der Waals surface area contributed by atoms with Crippen LogP contribution in [0.5, 0.6) is 0 Å². The van der Waals surface area contributed by atoms with Crippen LogP contribution >= 0.6 is 11.8 Å². The Labute approximate surface area is 168 Å². The summed E-state index contributed by atoms with van der Waals surface area (Å²) in [7, 11) is 16.4.